The van der Waals surface area contributed by atoms with Crippen molar-refractivity contribution in [1.82, 2.24) is 9.13 Å². The van der Waals surface area contributed by atoms with E-state index >= 15 is 0 Å². The van der Waals surface area contributed by atoms with Crippen LogP contribution in [0, 0.1) is 24.1 Å². The van der Waals surface area contributed by atoms with Crippen molar-refractivity contribution >= 4 is 0 Å². The first-order chi connectivity index (χ1) is 9.04. The van der Waals surface area contributed by atoms with Crippen LogP contribution in [0.5, 0.6) is 0 Å². The second-order valence-electron chi connectivity index (χ2n) is 4.00. The Balaban J connectivity index is 2.62. The molecule has 1 heterocycles. The molecule has 6 heteroatoms. The zero-order valence-electron chi connectivity index (χ0n) is 10.1. The van der Waals surface area contributed by atoms with Crippen LogP contribution in [-0.4, -0.2) is 9.13 Å². The van der Waals surface area contributed by atoms with E-state index < -0.39 is 16.9 Å². The van der Waals surface area contributed by atoms with Crippen LogP contribution in [0.2, 0.25) is 0 Å². The van der Waals surface area contributed by atoms with Crippen molar-refractivity contribution < 1.29 is 4.39 Å². The van der Waals surface area contributed by atoms with Crippen molar-refractivity contribution in [3.8, 4) is 11.8 Å². The van der Waals surface area contributed by atoms with Gasteiger partial charge in [-0.1, -0.05) is 6.07 Å². The zero-order valence-corrected chi connectivity index (χ0v) is 10.1. The molecule has 1 aromatic carbocycles. The molecule has 0 fully saturated rings. The molecule has 0 bridgehead atoms. The highest BCUT2D eigenvalue weighted by atomic mass is 19.1. The van der Waals surface area contributed by atoms with Crippen LogP contribution in [0.1, 0.15) is 5.56 Å². The third-order valence-electron chi connectivity index (χ3n) is 2.73. The summed E-state index contributed by atoms with van der Waals surface area (Å²) in [5.41, 5.74) is -0.907. The Kier molecular flexibility index (Phi) is 3.29. The van der Waals surface area contributed by atoms with E-state index in [9.17, 15) is 14.0 Å². The smallest absolute Gasteiger partial charge is 0.295 e. The van der Waals surface area contributed by atoms with Crippen LogP contribution in [-0.2, 0) is 6.54 Å². The lowest BCUT2D eigenvalue weighted by Crippen LogP contribution is -2.39. The lowest BCUT2D eigenvalue weighted by atomic mass is 10.2. The second kappa shape index (κ2) is 4.90. The average molecular weight is 259 g/mol. The number of hydrogen-bond donors (Lipinski definition) is 0. The number of nitriles is 1. The lowest BCUT2D eigenvalue weighted by Gasteiger charge is -2.07. The van der Waals surface area contributed by atoms with E-state index in [0.29, 0.717) is 5.56 Å². The lowest BCUT2D eigenvalue weighted by molar-refractivity contribution is 0.616. The minimum absolute atomic E-state index is 0.197. The first-order valence-corrected chi connectivity index (χ1v) is 5.50. The van der Waals surface area contributed by atoms with Gasteiger partial charge in [-0.15, -0.1) is 0 Å². The quantitative estimate of drug-likeness (QED) is 0.755. The molecule has 0 radical (unpaired) electrons. The molecular formula is C13H10FN3O2. The van der Waals surface area contributed by atoms with Crippen molar-refractivity contribution in [1.29, 1.82) is 5.26 Å². The number of halogens is 1. The summed E-state index contributed by atoms with van der Waals surface area (Å²) in [6, 6.07) is 6.04. The molecule has 96 valence electrons. The van der Waals surface area contributed by atoms with Gasteiger partial charge < -0.3 is 0 Å². The minimum Gasteiger partial charge on any atom is -0.295 e. The van der Waals surface area contributed by atoms with E-state index in [1.54, 1.807) is 19.1 Å². The monoisotopic (exact) mass is 259 g/mol. The van der Waals surface area contributed by atoms with Crippen molar-refractivity contribution in [2.24, 2.45) is 0 Å². The van der Waals surface area contributed by atoms with E-state index in [1.807, 2.05) is 0 Å². The highest BCUT2D eigenvalue weighted by Crippen LogP contribution is 2.11. The summed E-state index contributed by atoms with van der Waals surface area (Å²) < 4.78 is 15.5. The summed E-state index contributed by atoms with van der Waals surface area (Å²) >= 11 is 0. The van der Waals surface area contributed by atoms with E-state index in [-0.39, 0.29) is 12.2 Å². The largest absolute Gasteiger partial charge is 0.321 e. The van der Waals surface area contributed by atoms with Gasteiger partial charge in [0, 0.05) is 12.4 Å². The van der Waals surface area contributed by atoms with Crippen LogP contribution in [0.3, 0.4) is 0 Å². The average Bonchev–Trinajstić information content (AvgIpc) is 2.39. The summed E-state index contributed by atoms with van der Waals surface area (Å²) in [6.07, 6.45) is 2.66. The predicted molar refractivity (Wildman–Crippen MR) is 66.6 cm³/mol. The molecule has 19 heavy (non-hydrogen) atoms. The molecule has 0 unspecified atom stereocenters. The van der Waals surface area contributed by atoms with Crippen molar-refractivity contribution in [2.45, 2.75) is 13.5 Å². The Labute approximate surface area is 107 Å². The number of hydrogen-bond acceptors (Lipinski definition) is 3. The molecule has 2 aromatic rings. The molecule has 0 aliphatic rings. The third kappa shape index (κ3) is 2.31. The van der Waals surface area contributed by atoms with Gasteiger partial charge in [0.05, 0.1) is 11.8 Å². The molecule has 0 aliphatic carbocycles. The van der Waals surface area contributed by atoms with Gasteiger partial charge in [0.15, 0.2) is 0 Å². The molecule has 0 saturated heterocycles. The minimum atomic E-state index is -0.819. The molecule has 0 spiro atoms. The van der Waals surface area contributed by atoms with E-state index in [4.69, 9.17) is 5.26 Å². The highest BCUT2D eigenvalue weighted by molar-refractivity contribution is 5.35. The van der Waals surface area contributed by atoms with Gasteiger partial charge in [-0.3, -0.25) is 18.7 Å². The van der Waals surface area contributed by atoms with E-state index in [2.05, 4.69) is 0 Å². The molecule has 2 rings (SSSR count). The predicted octanol–water partition coefficient (Wildman–Crippen LogP) is 0.970. The van der Waals surface area contributed by atoms with Crippen molar-refractivity contribution in [2.75, 3.05) is 0 Å². The van der Waals surface area contributed by atoms with Crippen LogP contribution < -0.4 is 11.1 Å². The molecule has 5 nitrogen and oxygen atoms in total. The highest BCUT2D eigenvalue weighted by Gasteiger charge is 2.07. The SMILES string of the molecule is Cc1ccc(-n2ccn(CC#N)c(=O)c2=O)cc1F. The van der Waals surface area contributed by atoms with Crippen LogP contribution in [0.15, 0.2) is 40.2 Å². The van der Waals surface area contributed by atoms with Gasteiger partial charge in [0.2, 0.25) is 0 Å². The summed E-state index contributed by atoms with van der Waals surface area (Å²) in [5.74, 6) is -0.453. The van der Waals surface area contributed by atoms with Gasteiger partial charge >= 0.3 is 11.1 Å². The first kappa shape index (κ1) is 12.8. The van der Waals surface area contributed by atoms with E-state index in [1.165, 1.54) is 24.5 Å². The standard InChI is InChI=1S/C13H10FN3O2/c1-9-2-3-10(8-11(9)14)17-7-6-16(5-4-15)12(18)13(17)19/h2-3,6-8H,5H2,1H3. The summed E-state index contributed by atoms with van der Waals surface area (Å²) in [5, 5.41) is 8.52. The Hall–Kier alpha value is -2.68. The number of nitrogens with zero attached hydrogens (tertiary/aromatic N) is 3. The molecule has 0 saturated carbocycles. The molecule has 1 aromatic heterocycles. The fourth-order valence-corrected chi connectivity index (χ4v) is 1.64. The Morgan fingerprint density at radius 1 is 1.26 bits per heavy atom. The second-order valence-corrected chi connectivity index (χ2v) is 4.00. The Morgan fingerprint density at radius 2 is 2.00 bits per heavy atom. The fraction of sp³-hybridized carbons (Fsp3) is 0.154. The Bertz CT molecular complexity index is 784. The molecule has 0 N–H and O–H groups in total. The third-order valence-corrected chi connectivity index (χ3v) is 2.73. The summed E-state index contributed by atoms with van der Waals surface area (Å²) in [4.78, 5) is 23.5. The van der Waals surface area contributed by atoms with Gasteiger partial charge in [-0.05, 0) is 24.6 Å². The number of rotatable bonds is 2. The fourth-order valence-electron chi connectivity index (χ4n) is 1.64. The van der Waals surface area contributed by atoms with Crippen molar-refractivity contribution in [3.05, 3.63) is 62.7 Å². The zero-order chi connectivity index (χ0) is 14.0. The number of aryl methyl sites for hydroxylation is 1. The van der Waals surface area contributed by atoms with Gasteiger partial charge in [0.25, 0.3) is 0 Å². The van der Waals surface area contributed by atoms with Crippen LogP contribution in [0.4, 0.5) is 4.39 Å². The van der Waals surface area contributed by atoms with E-state index in [0.717, 1.165) is 9.13 Å². The van der Waals surface area contributed by atoms with Crippen LogP contribution >= 0.6 is 0 Å². The maximum absolute atomic E-state index is 13.5. The molecular weight excluding hydrogens is 249 g/mol. The Morgan fingerprint density at radius 3 is 2.63 bits per heavy atom. The maximum Gasteiger partial charge on any atom is 0.321 e. The van der Waals surface area contributed by atoms with Crippen molar-refractivity contribution in [3.63, 3.8) is 0 Å². The topological polar surface area (TPSA) is 67.8 Å². The molecule has 0 aliphatic heterocycles. The normalized spacial score (nSPS) is 10.2. The number of benzene rings is 1. The van der Waals surface area contributed by atoms with Gasteiger partial charge in [-0.25, -0.2) is 4.39 Å². The number of aromatic nitrogens is 2. The summed E-state index contributed by atoms with van der Waals surface area (Å²) in [7, 11) is 0. The first-order valence-electron chi connectivity index (χ1n) is 5.50. The molecule has 0 amide bonds. The maximum atomic E-state index is 13.5. The molecule has 0 atom stereocenters. The van der Waals surface area contributed by atoms with Gasteiger partial charge in [0.1, 0.15) is 12.4 Å². The van der Waals surface area contributed by atoms with Crippen LogP contribution in [0.25, 0.3) is 5.69 Å². The summed E-state index contributed by atoms with van der Waals surface area (Å²) in [6.45, 7) is 1.41. The van der Waals surface area contributed by atoms with Gasteiger partial charge in [-0.2, -0.15) is 5.26 Å².